The predicted molar refractivity (Wildman–Crippen MR) is 97.6 cm³/mol. The summed E-state index contributed by atoms with van der Waals surface area (Å²) >= 11 is 12.2. The SMILES string of the molecule is Cn1ccc(NC(=O)C(CC2CCCC2)c2ccc(Cl)c(Cl)c2)n1. The number of nitrogens with zero attached hydrogens (tertiary/aromatic N) is 2. The van der Waals surface area contributed by atoms with Crippen LogP contribution in [0, 0.1) is 5.92 Å². The lowest BCUT2D eigenvalue weighted by Crippen LogP contribution is -2.23. The maximum Gasteiger partial charge on any atom is 0.233 e. The summed E-state index contributed by atoms with van der Waals surface area (Å²) in [7, 11) is 1.82. The zero-order valence-corrected chi connectivity index (χ0v) is 15.1. The van der Waals surface area contributed by atoms with E-state index in [0.717, 1.165) is 12.0 Å². The van der Waals surface area contributed by atoms with Crippen molar-refractivity contribution < 1.29 is 4.79 Å². The molecule has 3 rings (SSSR count). The van der Waals surface area contributed by atoms with E-state index in [-0.39, 0.29) is 11.8 Å². The van der Waals surface area contributed by atoms with Crippen LogP contribution in [0.1, 0.15) is 43.6 Å². The third kappa shape index (κ3) is 4.11. The van der Waals surface area contributed by atoms with Crippen LogP contribution >= 0.6 is 23.2 Å². The quantitative estimate of drug-likeness (QED) is 0.807. The number of hydrogen-bond donors (Lipinski definition) is 1. The monoisotopic (exact) mass is 365 g/mol. The Morgan fingerprint density at radius 2 is 2.04 bits per heavy atom. The Morgan fingerprint density at radius 3 is 2.67 bits per heavy atom. The third-order valence-electron chi connectivity index (χ3n) is 4.67. The van der Waals surface area contributed by atoms with Crippen molar-refractivity contribution in [3.8, 4) is 0 Å². The molecule has 24 heavy (non-hydrogen) atoms. The molecule has 1 amide bonds. The van der Waals surface area contributed by atoms with E-state index in [1.807, 2.05) is 19.2 Å². The second kappa shape index (κ2) is 7.58. The predicted octanol–water partition coefficient (Wildman–Crippen LogP) is 5.03. The van der Waals surface area contributed by atoms with Gasteiger partial charge in [0.25, 0.3) is 0 Å². The molecule has 0 radical (unpaired) electrons. The Morgan fingerprint density at radius 1 is 1.29 bits per heavy atom. The number of rotatable bonds is 5. The highest BCUT2D eigenvalue weighted by Gasteiger charge is 2.27. The second-order valence-electron chi connectivity index (χ2n) is 6.48. The lowest BCUT2D eigenvalue weighted by Gasteiger charge is -2.20. The van der Waals surface area contributed by atoms with Gasteiger partial charge in [0.15, 0.2) is 5.82 Å². The number of carbonyl (C=O) groups excluding carboxylic acids is 1. The molecule has 1 unspecified atom stereocenters. The number of halogens is 2. The Kier molecular flexibility index (Phi) is 5.47. The minimum absolute atomic E-state index is 0.0426. The fraction of sp³-hybridized carbons (Fsp3) is 0.444. The van der Waals surface area contributed by atoms with E-state index >= 15 is 0 Å². The van der Waals surface area contributed by atoms with E-state index < -0.39 is 0 Å². The summed E-state index contributed by atoms with van der Waals surface area (Å²) in [6.45, 7) is 0. The van der Waals surface area contributed by atoms with Gasteiger partial charge in [0.1, 0.15) is 0 Å². The molecule has 0 spiro atoms. The van der Waals surface area contributed by atoms with E-state index in [4.69, 9.17) is 23.2 Å². The van der Waals surface area contributed by atoms with Gasteiger partial charge in [-0.15, -0.1) is 0 Å². The van der Waals surface area contributed by atoms with Gasteiger partial charge in [-0.2, -0.15) is 5.10 Å². The molecule has 1 aromatic heterocycles. The van der Waals surface area contributed by atoms with Crippen molar-refractivity contribution in [3.05, 3.63) is 46.1 Å². The van der Waals surface area contributed by atoms with E-state index in [2.05, 4.69) is 10.4 Å². The average Bonchev–Trinajstić information content (AvgIpc) is 3.19. The van der Waals surface area contributed by atoms with Crippen molar-refractivity contribution in [2.24, 2.45) is 13.0 Å². The summed E-state index contributed by atoms with van der Waals surface area (Å²) in [6.07, 6.45) is 7.52. The number of benzene rings is 1. The molecule has 0 saturated heterocycles. The topological polar surface area (TPSA) is 46.9 Å². The van der Waals surface area contributed by atoms with Gasteiger partial charge in [-0.1, -0.05) is 55.0 Å². The first kappa shape index (κ1) is 17.3. The van der Waals surface area contributed by atoms with Crippen molar-refractivity contribution >= 4 is 34.9 Å². The normalized spacial score (nSPS) is 16.3. The van der Waals surface area contributed by atoms with Crippen molar-refractivity contribution in [3.63, 3.8) is 0 Å². The molecule has 1 aromatic carbocycles. The molecule has 4 nitrogen and oxygen atoms in total. The van der Waals surface area contributed by atoms with Gasteiger partial charge in [-0.25, -0.2) is 0 Å². The molecule has 1 N–H and O–H groups in total. The molecule has 1 heterocycles. The minimum atomic E-state index is -0.245. The first-order valence-electron chi connectivity index (χ1n) is 8.28. The molecule has 2 aromatic rings. The summed E-state index contributed by atoms with van der Waals surface area (Å²) in [5.74, 6) is 0.863. The van der Waals surface area contributed by atoms with E-state index in [0.29, 0.717) is 21.8 Å². The number of anilines is 1. The molecule has 1 atom stereocenters. The average molecular weight is 366 g/mol. The highest BCUT2D eigenvalue weighted by atomic mass is 35.5. The second-order valence-corrected chi connectivity index (χ2v) is 7.29. The largest absolute Gasteiger partial charge is 0.309 e. The summed E-state index contributed by atoms with van der Waals surface area (Å²) in [5, 5.41) is 8.14. The molecule has 0 aliphatic heterocycles. The molecule has 128 valence electrons. The van der Waals surface area contributed by atoms with E-state index in [1.165, 1.54) is 25.7 Å². The van der Waals surface area contributed by atoms with E-state index in [9.17, 15) is 4.79 Å². The van der Waals surface area contributed by atoms with Crippen LogP contribution in [0.25, 0.3) is 0 Å². The number of nitrogens with one attached hydrogen (secondary N) is 1. The summed E-state index contributed by atoms with van der Waals surface area (Å²) in [4.78, 5) is 12.9. The van der Waals surface area contributed by atoms with Crippen LogP contribution in [0.5, 0.6) is 0 Å². The van der Waals surface area contributed by atoms with Crippen molar-refractivity contribution in [1.82, 2.24) is 9.78 Å². The van der Waals surface area contributed by atoms with Gasteiger partial charge >= 0.3 is 0 Å². The summed E-state index contributed by atoms with van der Waals surface area (Å²) in [6, 6.07) is 7.25. The number of hydrogen-bond acceptors (Lipinski definition) is 2. The summed E-state index contributed by atoms with van der Waals surface area (Å²) in [5.41, 5.74) is 0.907. The summed E-state index contributed by atoms with van der Waals surface area (Å²) < 4.78 is 1.67. The van der Waals surface area contributed by atoms with Gasteiger partial charge in [0.2, 0.25) is 5.91 Å². The molecular weight excluding hydrogens is 345 g/mol. The Labute approximate surface area is 152 Å². The smallest absolute Gasteiger partial charge is 0.233 e. The first-order valence-corrected chi connectivity index (χ1v) is 9.04. The van der Waals surface area contributed by atoms with Gasteiger partial charge < -0.3 is 5.32 Å². The van der Waals surface area contributed by atoms with Crippen molar-refractivity contribution in [1.29, 1.82) is 0 Å². The third-order valence-corrected chi connectivity index (χ3v) is 5.41. The maximum atomic E-state index is 12.9. The van der Waals surface area contributed by atoms with Crippen LogP contribution in [0.4, 0.5) is 5.82 Å². The van der Waals surface area contributed by atoms with Gasteiger partial charge in [-0.3, -0.25) is 9.48 Å². The minimum Gasteiger partial charge on any atom is -0.309 e. The van der Waals surface area contributed by atoms with Gasteiger partial charge in [0.05, 0.1) is 16.0 Å². The number of amides is 1. The maximum absolute atomic E-state index is 12.9. The van der Waals surface area contributed by atoms with Crippen LogP contribution in [0.3, 0.4) is 0 Å². The van der Waals surface area contributed by atoms with Crippen LogP contribution < -0.4 is 5.32 Å². The molecule has 1 fully saturated rings. The molecule has 6 heteroatoms. The fourth-order valence-electron chi connectivity index (χ4n) is 3.40. The number of aryl methyl sites for hydroxylation is 1. The van der Waals surface area contributed by atoms with Crippen LogP contribution in [0.2, 0.25) is 10.0 Å². The highest BCUT2D eigenvalue weighted by Crippen LogP contribution is 2.36. The van der Waals surface area contributed by atoms with E-state index in [1.54, 1.807) is 23.0 Å². The Hall–Kier alpha value is -1.52. The zero-order valence-electron chi connectivity index (χ0n) is 13.6. The molecule has 1 aliphatic carbocycles. The molecule has 1 saturated carbocycles. The lowest BCUT2D eigenvalue weighted by atomic mass is 9.87. The van der Waals surface area contributed by atoms with Crippen molar-refractivity contribution in [2.45, 2.75) is 38.0 Å². The van der Waals surface area contributed by atoms with Crippen molar-refractivity contribution in [2.75, 3.05) is 5.32 Å². The fourth-order valence-corrected chi connectivity index (χ4v) is 3.70. The molecule has 1 aliphatic rings. The first-order chi connectivity index (χ1) is 11.5. The highest BCUT2D eigenvalue weighted by molar-refractivity contribution is 6.42. The molecule has 0 bridgehead atoms. The molecular formula is C18H21Cl2N3O. The Balaban J connectivity index is 1.82. The van der Waals surface area contributed by atoms with Gasteiger partial charge in [0, 0.05) is 19.3 Å². The Bertz CT molecular complexity index is 723. The van der Waals surface area contributed by atoms with Crippen LogP contribution in [-0.4, -0.2) is 15.7 Å². The number of aromatic nitrogens is 2. The zero-order chi connectivity index (χ0) is 17.1. The van der Waals surface area contributed by atoms with Crippen LogP contribution in [0.15, 0.2) is 30.5 Å². The lowest BCUT2D eigenvalue weighted by molar-refractivity contribution is -0.118. The van der Waals surface area contributed by atoms with Crippen LogP contribution in [-0.2, 0) is 11.8 Å². The van der Waals surface area contributed by atoms with Gasteiger partial charge in [-0.05, 0) is 30.0 Å². The standard InChI is InChI=1S/C18H21Cl2N3O/c1-23-9-8-17(22-23)21-18(24)14(10-12-4-2-3-5-12)13-6-7-15(19)16(20)11-13/h6-9,11-12,14H,2-5,10H2,1H3,(H,21,22,24). The number of carbonyl (C=O) groups is 1.